The van der Waals surface area contributed by atoms with Gasteiger partial charge in [-0.25, -0.2) is 4.39 Å². The number of carbonyl (C=O) groups is 1. The van der Waals surface area contributed by atoms with E-state index in [-0.39, 0.29) is 18.9 Å². The Hall–Kier alpha value is -1.43. The van der Waals surface area contributed by atoms with Crippen molar-refractivity contribution >= 4 is 11.6 Å². The van der Waals surface area contributed by atoms with Crippen LogP contribution in [0.1, 0.15) is 6.42 Å². The maximum absolute atomic E-state index is 12.8. The van der Waals surface area contributed by atoms with E-state index in [0.29, 0.717) is 5.69 Å². The average Bonchev–Trinajstić information content (AvgIpc) is 2.75. The average molecular weight is 212 g/mol. The number of aryl methyl sites for hydroxylation is 1. The molecule has 6 heteroatoms. The third kappa shape index (κ3) is 2.33. The van der Waals surface area contributed by atoms with Crippen LogP contribution >= 0.6 is 0 Å². The second-order valence-corrected chi connectivity index (χ2v) is 3.69. The molecule has 1 saturated heterocycles. The topological polar surface area (TPSA) is 59.0 Å². The molecule has 0 spiro atoms. The Bertz CT molecular complexity index is 365. The van der Waals surface area contributed by atoms with E-state index in [1.165, 1.54) is 0 Å². The number of nitrogens with zero attached hydrogens (tertiary/aromatic N) is 2. The Morgan fingerprint density at radius 3 is 3.13 bits per heavy atom. The molecule has 1 aromatic heterocycles. The first-order chi connectivity index (χ1) is 7.15. The number of hydrogen-bond acceptors (Lipinski definition) is 3. The maximum Gasteiger partial charge on any atom is 0.241 e. The standard InChI is InChI=1S/C9H13FN4O/c1-14-5-7(4-12-14)13-9(15)8-2-6(10)3-11-8/h4-6,8,11H,2-3H2,1H3,(H,13,15)/t6-,8+/m1/s1. The zero-order valence-electron chi connectivity index (χ0n) is 8.40. The van der Waals surface area contributed by atoms with Gasteiger partial charge >= 0.3 is 0 Å². The molecule has 0 unspecified atom stereocenters. The van der Waals surface area contributed by atoms with Crippen LogP contribution in [0.25, 0.3) is 0 Å². The van der Waals surface area contributed by atoms with E-state index in [9.17, 15) is 9.18 Å². The lowest BCUT2D eigenvalue weighted by molar-refractivity contribution is -0.117. The minimum atomic E-state index is -0.922. The van der Waals surface area contributed by atoms with Gasteiger partial charge in [-0.15, -0.1) is 0 Å². The molecule has 15 heavy (non-hydrogen) atoms. The molecule has 5 nitrogen and oxygen atoms in total. The van der Waals surface area contributed by atoms with E-state index in [0.717, 1.165) is 0 Å². The molecule has 1 amide bonds. The van der Waals surface area contributed by atoms with Gasteiger partial charge in [-0.2, -0.15) is 5.10 Å². The molecule has 2 heterocycles. The molecule has 1 aromatic rings. The van der Waals surface area contributed by atoms with E-state index >= 15 is 0 Å². The highest BCUT2D eigenvalue weighted by atomic mass is 19.1. The lowest BCUT2D eigenvalue weighted by Crippen LogP contribution is -2.35. The second-order valence-electron chi connectivity index (χ2n) is 3.69. The number of aromatic nitrogens is 2. The molecule has 0 saturated carbocycles. The third-order valence-corrected chi connectivity index (χ3v) is 2.37. The quantitative estimate of drug-likeness (QED) is 0.728. The predicted molar refractivity (Wildman–Crippen MR) is 53.1 cm³/mol. The van der Waals surface area contributed by atoms with Crippen molar-refractivity contribution in [2.45, 2.75) is 18.6 Å². The fourth-order valence-corrected chi connectivity index (χ4v) is 1.61. The largest absolute Gasteiger partial charge is 0.322 e. The highest BCUT2D eigenvalue weighted by Crippen LogP contribution is 2.12. The van der Waals surface area contributed by atoms with Gasteiger partial charge in [-0.05, 0) is 0 Å². The number of alkyl halides is 1. The summed E-state index contributed by atoms with van der Waals surface area (Å²) in [5.74, 6) is -0.205. The normalized spacial score (nSPS) is 25.5. The minimum Gasteiger partial charge on any atom is -0.322 e. The number of nitrogens with one attached hydrogen (secondary N) is 2. The first-order valence-electron chi connectivity index (χ1n) is 4.82. The van der Waals surface area contributed by atoms with Gasteiger partial charge in [0.05, 0.1) is 17.9 Å². The van der Waals surface area contributed by atoms with Gasteiger partial charge in [-0.3, -0.25) is 9.48 Å². The van der Waals surface area contributed by atoms with Crippen molar-refractivity contribution in [2.24, 2.45) is 7.05 Å². The number of carbonyl (C=O) groups excluding carboxylic acids is 1. The first kappa shape index (κ1) is 10.1. The molecule has 2 N–H and O–H groups in total. The molecule has 1 aliphatic heterocycles. The number of anilines is 1. The molecule has 2 atom stereocenters. The van der Waals surface area contributed by atoms with Crippen LogP contribution in [0, 0.1) is 0 Å². The van der Waals surface area contributed by atoms with Crippen molar-refractivity contribution in [1.82, 2.24) is 15.1 Å². The van der Waals surface area contributed by atoms with Gasteiger partial charge in [0, 0.05) is 26.2 Å². The molecule has 1 aliphatic rings. The predicted octanol–water partition coefficient (Wildman–Crippen LogP) is 0.0586. The Morgan fingerprint density at radius 2 is 2.60 bits per heavy atom. The molecule has 1 fully saturated rings. The zero-order valence-corrected chi connectivity index (χ0v) is 8.40. The summed E-state index contributed by atoms with van der Waals surface area (Å²) in [6, 6.07) is -0.430. The van der Waals surface area contributed by atoms with Crippen LogP contribution < -0.4 is 10.6 Å². The summed E-state index contributed by atoms with van der Waals surface area (Å²) in [7, 11) is 1.76. The Morgan fingerprint density at radius 1 is 1.80 bits per heavy atom. The van der Waals surface area contributed by atoms with E-state index in [1.54, 1.807) is 24.1 Å². The van der Waals surface area contributed by atoms with Gasteiger partial charge in [0.15, 0.2) is 0 Å². The highest BCUT2D eigenvalue weighted by Gasteiger charge is 2.29. The van der Waals surface area contributed by atoms with Crippen LogP contribution in [0.15, 0.2) is 12.4 Å². The van der Waals surface area contributed by atoms with E-state index in [1.807, 2.05) is 0 Å². The summed E-state index contributed by atoms with van der Waals surface area (Å²) in [5.41, 5.74) is 0.631. The van der Waals surface area contributed by atoms with Crippen LogP contribution in [0.4, 0.5) is 10.1 Å². The molecule has 2 rings (SSSR count). The lowest BCUT2D eigenvalue weighted by atomic mass is 10.2. The van der Waals surface area contributed by atoms with Crippen molar-refractivity contribution in [3.05, 3.63) is 12.4 Å². The van der Waals surface area contributed by atoms with Crippen LogP contribution in [-0.2, 0) is 11.8 Å². The van der Waals surface area contributed by atoms with E-state index in [2.05, 4.69) is 15.7 Å². The van der Waals surface area contributed by atoms with Gasteiger partial charge in [0.25, 0.3) is 0 Å². The molecule has 0 aliphatic carbocycles. The van der Waals surface area contributed by atoms with Gasteiger partial charge in [-0.1, -0.05) is 0 Å². The zero-order chi connectivity index (χ0) is 10.8. The van der Waals surface area contributed by atoms with Gasteiger partial charge in [0.1, 0.15) is 6.17 Å². The van der Waals surface area contributed by atoms with Crippen LogP contribution in [0.5, 0.6) is 0 Å². The fraction of sp³-hybridized carbons (Fsp3) is 0.556. The Labute approximate surface area is 86.6 Å². The van der Waals surface area contributed by atoms with Crippen molar-refractivity contribution in [3.8, 4) is 0 Å². The smallest absolute Gasteiger partial charge is 0.241 e. The minimum absolute atomic E-state index is 0.205. The second kappa shape index (κ2) is 3.98. The van der Waals surface area contributed by atoms with Gasteiger partial charge in [0.2, 0.25) is 5.91 Å². The van der Waals surface area contributed by atoms with Gasteiger partial charge < -0.3 is 10.6 Å². The van der Waals surface area contributed by atoms with Crippen molar-refractivity contribution in [2.75, 3.05) is 11.9 Å². The maximum atomic E-state index is 12.8. The van der Waals surface area contributed by atoms with Crippen LogP contribution in [-0.4, -0.2) is 34.4 Å². The number of halogens is 1. The Balaban J connectivity index is 1.92. The van der Waals surface area contributed by atoms with Crippen molar-refractivity contribution < 1.29 is 9.18 Å². The summed E-state index contributed by atoms with van der Waals surface area (Å²) >= 11 is 0. The summed E-state index contributed by atoms with van der Waals surface area (Å²) < 4.78 is 14.4. The Kier molecular flexibility index (Phi) is 2.68. The van der Waals surface area contributed by atoms with Crippen molar-refractivity contribution in [3.63, 3.8) is 0 Å². The van der Waals surface area contributed by atoms with Crippen LogP contribution in [0.2, 0.25) is 0 Å². The number of amides is 1. The molecule has 0 bridgehead atoms. The summed E-state index contributed by atoms with van der Waals surface area (Å²) in [4.78, 5) is 11.6. The number of hydrogen-bond donors (Lipinski definition) is 2. The van der Waals surface area contributed by atoms with Crippen LogP contribution in [0.3, 0.4) is 0 Å². The summed E-state index contributed by atoms with van der Waals surface area (Å²) in [5, 5.41) is 9.41. The summed E-state index contributed by atoms with van der Waals surface area (Å²) in [6.45, 7) is 0.255. The monoisotopic (exact) mass is 212 g/mol. The first-order valence-corrected chi connectivity index (χ1v) is 4.82. The van der Waals surface area contributed by atoms with E-state index < -0.39 is 12.2 Å². The molecule has 0 aromatic carbocycles. The summed E-state index contributed by atoms with van der Waals surface area (Å²) in [6.07, 6.45) is 2.57. The molecular weight excluding hydrogens is 199 g/mol. The lowest BCUT2D eigenvalue weighted by Gasteiger charge is -2.08. The fourth-order valence-electron chi connectivity index (χ4n) is 1.61. The van der Waals surface area contributed by atoms with Crippen molar-refractivity contribution in [1.29, 1.82) is 0 Å². The molecule has 0 radical (unpaired) electrons. The van der Waals surface area contributed by atoms with E-state index in [4.69, 9.17) is 0 Å². The molecular formula is C9H13FN4O. The third-order valence-electron chi connectivity index (χ3n) is 2.37. The SMILES string of the molecule is Cn1cc(NC(=O)[C@@H]2C[C@@H](F)CN2)cn1. The number of rotatable bonds is 2. The molecule has 82 valence electrons. The highest BCUT2D eigenvalue weighted by molar-refractivity contribution is 5.94.